The Bertz CT molecular complexity index is 987. The molecule has 0 fully saturated rings. The number of anilines is 1. The molecule has 3 aromatic rings. The van der Waals surface area contributed by atoms with Crippen molar-refractivity contribution in [3.63, 3.8) is 0 Å². The zero-order valence-electron chi connectivity index (χ0n) is 15.9. The van der Waals surface area contributed by atoms with E-state index in [1.807, 2.05) is 6.07 Å². The average molecular weight is 507 g/mol. The van der Waals surface area contributed by atoms with Crippen molar-refractivity contribution in [3.8, 4) is 11.4 Å². The summed E-state index contributed by atoms with van der Waals surface area (Å²) in [6.45, 7) is 0.554. The van der Waals surface area contributed by atoms with Crippen LogP contribution in [-0.2, 0) is 19.3 Å². The van der Waals surface area contributed by atoms with Gasteiger partial charge in [0.1, 0.15) is 5.82 Å². The molecule has 1 aliphatic carbocycles. The van der Waals surface area contributed by atoms with E-state index in [1.54, 1.807) is 12.1 Å². The fourth-order valence-electron chi connectivity index (χ4n) is 3.34. The largest absolute Gasteiger partial charge is 0.370 e. The first-order chi connectivity index (χ1) is 13.7. The Morgan fingerprint density at radius 2 is 1.93 bits per heavy atom. The highest BCUT2D eigenvalue weighted by molar-refractivity contribution is 14.0. The van der Waals surface area contributed by atoms with Gasteiger partial charge in [-0.1, -0.05) is 11.2 Å². The van der Waals surface area contributed by atoms with Crippen molar-refractivity contribution in [1.82, 2.24) is 10.1 Å². The highest BCUT2D eigenvalue weighted by Crippen LogP contribution is 2.24. The van der Waals surface area contributed by atoms with Crippen LogP contribution in [0.1, 0.15) is 29.9 Å². The number of aryl methyl sites for hydroxylation is 3. The van der Waals surface area contributed by atoms with E-state index >= 15 is 0 Å². The van der Waals surface area contributed by atoms with Gasteiger partial charge in [-0.05, 0) is 73.2 Å². The molecule has 2 aromatic carbocycles. The number of aromatic nitrogens is 2. The van der Waals surface area contributed by atoms with Crippen LogP contribution >= 0.6 is 24.0 Å². The van der Waals surface area contributed by atoms with Gasteiger partial charge in [0.25, 0.3) is 0 Å². The summed E-state index contributed by atoms with van der Waals surface area (Å²) in [4.78, 5) is 8.69. The number of fused-ring (bicyclic) bond motifs is 1. The van der Waals surface area contributed by atoms with Gasteiger partial charge in [-0.25, -0.2) is 4.39 Å². The average Bonchev–Trinajstić information content (AvgIpc) is 3.35. The van der Waals surface area contributed by atoms with E-state index in [4.69, 9.17) is 10.3 Å². The van der Waals surface area contributed by atoms with Crippen molar-refractivity contribution in [2.75, 3.05) is 11.9 Å². The Labute approximate surface area is 185 Å². The Hall–Kier alpha value is -2.49. The number of hydrogen-bond donors (Lipinski definition) is 2. The molecule has 152 valence electrons. The maximum absolute atomic E-state index is 13.0. The highest BCUT2D eigenvalue weighted by Gasteiger charge is 2.11. The minimum atomic E-state index is -0.295. The van der Waals surface area contributed by atoms with Crippen LogP contribution in [0.3, 0.4) is 0 Å². The molecule has 0 saturated carbocycles. The molecule has 0 saturated heterocycles. The molecule has 6 nitrogen and oxygen atoms in total. The number of nitrogens with zero attached hydrogens (tertiary/aromatic N) is 3. The number of nitrogens with two attached hydrogens (primary N) is 1. The lowest BCUT2D eigenvalue weighted by molar-refractivity contribution is 0.376. The smallest absolute Gasteiger partial charge is 0.227 e. The second kappa shape index (κ2) is 9.82. The Morgan fingerprint density at radius 3 is 2.76 bits per heavy atom. The normalized spacial score (nSPS) is 13.1. The van der Waals surface area contributed by atoms with Gasteiger partial charge in [-0.3, -0.25) is 4.99 Å². The molecular weight excluding hydrogens is 484 g/mol. The van der Waals surface area contributed by atoms with Crippen molar-refractivity contribution < 1.29 is 8.91 Å². The Kier molecular flexibility index (Phi) is 7.18. The lowest BCUT2D eigenvalue weighted by Gasteiger charge is -2.07. The van der Waals surface area contributed by atoms with Gasteiger partial charge in [-0.2, -0.15) is 4.98 Å². The molecule has 8 heteroatoms. The molecule has 0 radical (unpaired) electrons. The molecule has 4 rings (SSSR count). The number of aliphatic imine (C=N–C) groups is 1. The van der Waals surface area contributed by atoms with Gasteiger partial charge >= 0.3 is 0 Å². The third kappa shape index (κ3) is 5.53. The van der Waals surface area contributed by atoms with E-state index in [9.17, 15) is 4.39 Å². The quantitative estimate of drug-likeness (QED) is 0.224. The van der Waals surface area contributed by atoms with Crippen molar-refractivity contribution >= 4 is 35.6 Å². The molecule has 1 aromatic heterocycles. The van der Waals surface area contributed by atoms with Crippen LogP contribution in [0.4, 0.5) is 10.1 Å². The van der Waals surface area contributed by atoms with E-state index in [2.05, 4.69) is 32.6 Å². The molecule has 0 bridgehead atoms. The molecule has 1 aliphatic rings. The third-order valence-electron chi connectivity index (χ3n) is 4.77. The maximum Gasteiger partial charge on any atom is 0.227 e. The summed E-state index contributed by atoms with van der Waals surface area (Å²) in [6, 6.07) is 12.3. The zero-order valence-corrected chi connectivity index (χ0v) is 18.2. The van der Waals surface area contributed by atoms with Crippen molar-refractivity contribution in [3.05, 3.63) is 65.3 Å². The summed E-state index contributed by atoms with van der Waals surface area (Å²) in [7, 11) is 0. The van der Waals surface area contributed by atoms with Gasteiger partial charge < -0.3 is 15.6 Å². The van der Waals surface area contributed by atoms with Crippen LogP contribution < -0.4 is 11.1 Å². The number of nitrogens with one attached hydrogen (secondary N) is 1. The lowest BCUT2D eigenvalue weighted by Crippen LogP contribution is -2.23. The molecule has 0 atom stereocenters. The van der Waals surface area contributed by atoms with Gasteiger partial charge in [0, 0.05) is 24.2 Å². The molecule has 29 heavy (non-hydrogen) atoms. The number of rotatable bonds is 6. The minimum absolute atomic E-state index is 0. The highest BCUT2D eigenvalue weighted by atomic mass is 127. The third-order valence-corrected chi connectivity index (χ3v) is 4.77. The number of halogens is 2. The SMILES string of the molecule is I.NC(=NCCCc1nc(-c2ccc(F)cc2)no1)Nc1ccc2c(c1)CCC2. The number of hydrogen-bond acceptors (Lipinski definition) is 4. The predicted octanol–water partition coefficient (Wildman–Crippen LogP) is 4.34. The van der Waals surface area contributed by atoms with Crippen LogP contribution in [0.15, 0.2) is 52.0 Å². The molecular formula is C21H23FIN5O. The Morgan fingerprint density at radius 1 is 1.14 bits per heavy atom. The van der Waals surface area contributed by atoms with Crippen molar-refractivity contribution in [2.45, 2.75) is 32.1 Å². The summed E-state index contributed by atoms with van der Waals surface area (Å²) >= 11 is 0. The summed E-state index contributed by atoms with van der Waals surface area (Å²) < 4.78 is 18.2. The van der Waals surface area contributed by atoms with Crippen LogP contribution in [-0.4, -0.2) is 22.6 Å². The van der Waals surface area contributed by atoms with E-state index in [0.29, 0.717) is 30.6 Å². The standard InChI is InChI=1S/C21H22FN5O.HI/c22-17-9-6-15(7-10-17)20-26-19(28-27-20)5-2-12-24-21(23)25-18-11-8-14-3-1-4-16(14)13-18;/h6-11,13H,1-5,12H2,(H3,23,24,25);1H. The van der Waals surface area contributed by atoms with Crippen LogP contribution in [0.2, 0.25) is 0 Å². The van der Waals surface area contributed by atoms with E-state index < -0.39 is 0 Å². The summed E-state index contributed by atoms with van der Waals surface area (Å²) in [5.41, 5.74) is 10.5. The van der Waals surface area contributed by atoms with E-state index in [0.717, 1.165) is 30.5 Å². The van der Waals surface area contributed by atoms with Crippen molar-refractivity contribution in [1.29, 1.82) is 0 Å². The van der Waals surface area contributed by atoms with Gasteiger partial charge in [0.15, 0.2) is 5.96 Å². The summed E-state index contributed by atoms with van der Waals surface area (Å²) in [5, 5.41) is 7.08. The Balaban J connectivity index is 0.00000240. The van der Waals surface area contributed by atoms with E-state index in [-0.39, 0.29) is 29.8 Å². The summed E-state index contributed by atoms with van der Waals surface area (Å²) in [5.74, 6) is 1.09. The molecule has 0 unspecified atom stereocenters. The molecule has 3 N–H and O–H groups in total. The van der Waals surface area contributed by atoms with Crippen molar-refractivity contribution in [2.24, 2.45) is 10.7 Å². The lowest BCUT2D eigenvalue weighted by atomic mass is 10.1. The number of guanidine groups is 1. The molecule has 0 aliphatic heterocycles. The number of benzene rings is 2. The maximum atomic E-state index is 13.0. The van der Waals surface area contributed by atoms with Gasteiger partial charge in [0.05, 0.1) is 0 Å². The molecule has 1 heterocycles. The van der Waals surface area contributed by atoms with Gasteiger partial charge in [0.2, 0.25) is 11.7 Å². The fraction of sp³-hybridized carbons (Fsp3) is 0.286. The summed E-state index contributed by atoms with van der Waals surface area (Å²) in [6.07, 6.45) is 4.85. The van der Waals surface area contributed by atoms with Crippen LogP contribution in [0.5, 0.6) is 0 Å². The zero-order chi connectivity index (χ0) is 19.3. The van der Waals surface area contributed by atoms with Crippen LogP contribution in [0, 0.1) is 5.82 Å². The second-order valence-electron chi connectivity index (χ2n) is 6.85. The van der Waals surface area contributed by atoms with E-state index in [1.165, 1.54) is 29.7 Å². The molecule has 0 amide bonds. The first-order valence-electron chi connectivity index (χ1n) is 9.45. The monoisotopic (exact) mass is 507 g/mol. The fourth-order valence-corrected chi connectivity index (χ4v) is 3.34. The van der Waals surface area contributed by atoms with Crippen LogP contribution in [0.25, 0.3) is 11.4 Å². The molecule has 0 spiro atoms. The predicted molar refractivity (Wildman–Crippen MR) is 122 cm³/mol. The first kappa shape index (κ1) is 21.2. The topological polar surface area (TPSA) is 89.3 Å². The van der Waals surface area contributed by atoms with Gasteiger partial charge in [-0.15, -0.1) is 24.0 Å². The second-order valence-corrected chi connectivity index (χ2v) is 6.85. The first-order valence-corrected chi connectivity index (χ1v) is 9.45. The minimum Gasteiger partial charge on any atom is -0.370 e.